The van der Waals surface area contributed by atoms with Gasteiger partial charge in [0.15, 0.2) is 12.4 Å². The van der Waals surface area contributed by atoms with Crippen LogP contribution in [-0.4, -0.2) is 29.1 Å². The number of primary amides is 1. The van der Waals surface area contributed by atoms with E-state index < -0.39 is 5.91 Å². The predicted molar refractivity (Wildman–Crippen MR) is 134 cm³/mol. The quantitative estimate of drug-likeness (QED) is 0.141. The van der Waals surface area contributed by atoms with Gasteiger partial charge in [0.2, 0.25) is 0 Å². The fourth-order valence-corrected chi connectivity index (χ4v) is 3.71. The Balaban J connectivity index is 1.56. The number of ether oxygens (including phenoxy) is 2. The summed E-state index contributed by atoms with van der Waals surface area (Å²) in [4.78, 5) is 27.9. The van der Waals surface area contributed by atoms with Crippen LogP contribution in [0.25, 0.3) is 0 Å². The first kappa shape index (κ1) is 25.7. The van der Waals surface area contributed by atoms with Gasteiger partial charge in [0.05, 0.1) is 6.20 Å². The molecule has 2 aromatic carbocycles. The topological polar surface area (TPSA) is 141 Å². The van der Waals surface area contributed by atoms with Gasteiger partial charge in [0.1, 0.15) is 23.9 Å². The standard InChI is InChI=1S/C26H27ClN4O4/c27-21-11-17(15-34-22-5-3-9-31-14-22)10-20(12-21)23(32)6-2-1-4-18-7-8-19(26(29)30)13-24(18)35-16-25(28)33/h3,5,7-14H,1-2,4,6,15-16H2,(H2,28,33)(H3,29,30). The minimum absolute atomic E-state index is 0.00717. The van der Waals surface area contributed by atoms with Crippen LogP contribution in [0.3, 0.4) is 0 Å². The second-order valence-corrected chi connectivity index (χ2v) is 8.38. The molecule has 0 fully saturated rings. The number of pyridine rings is 1. The molecule has 8 nitrogen and oxygen atoms in total. The molecular formula is C26H27ClN4O4. The van der Waals surface area contributed by atoms with Crippen LogP contribution in [-0.2, 0) is 17.8 Å². The summed E-state index contributed by atoms with van der Waals surface area (Å²) in [5.74, 6) is 0.387. The molecule has 1 heterocycles. The van der Waals surface area contributed by atoms with E-state index in [-0.39, 0.29) is 24.8 Å². The summed E-state index contributed by atoms with van der Waals surface area (Å²) in [6.07, 6.45) is 5.63. The van der Waals surface area contributed by atoms with E-state index in [1.54, 1.807) is 54.9 Å². The van der Waals surface area contributed by atoms with Crippen molar-refractivity contribution in [2.24, 2.45) is 11.5 Å². The highest BCUT2D eigenvalue weighted by Crippen LogP contribution is 2.24. The molecule has 182 valence electrons. The average Bonchev–Trinajstić information content (AvgIpc) is 2.84. The summed E-state index contributed by atoms with van der Waals surface area (Å²) in [5.41, 5.74) is 13.4. The second kappa shape index (κ2) is 12.5. The van der Waals surface area contributed by atoms with Crippen molar-refractivity contribution >= 4 is 29.1 Å². The number of nitrogens with two attached hydrogens (primary N) is 2. The average molecular weight is 495 g/mol. The molecule has 3 aromatic rings. The minimum atomic E-state index is -0.596. The van der Waals surface area contributed by atoms with E-state index in [1.807, 2.05) is 6.07 Å². The number of nitrogens with one attached hydrogen (secondary N) is 1. The molecule has 0 radical (unpaired) electrons. The molecule has 35 heavy (non-hydrogen) atoms. The van der Waals surface area contributed by atoms with E-state index in [0.29, 0.717) is 46.9 Å². The first-order valence-electron chi connectivity index (χ1n) is 11.1. The molecule has 5 N–H and O–H groups in total. The summed E-state index contributed by atoms with van der Waals surface area (Å²) in [5, 5.41) is 8.06. The summed E-state index contributed by atoms with van der Waals surface area (Å²) in [7, 11) is 0. The van der Waals surface area contributed by atoms with Gasteiger partial charge in [-0.1, -0.05) is 23.7 Å². The second-order valence-electron chi connectivity index (χ2n) is 7.95. The Hall–Kier alpha value is -3.91. The lowest BCUT2D eigenvalue weighted by Crippen LogP contribution is -2.21. The van der Waals surface area contributed by atoms with Crippen LogP contribution in [0.1, 0.15) is 46.3 Å². The van der Waals surface area contributed by atoms with Gasteiger partial charge in [-0.2, -0.15) is 0 Å². The third kappa shape index (κ3) is 8.12. The first-order valence-corrected chi connectivity index (χ1v) is 11.4. The number of ketones is 1. The Morgan fingerprint density at radius 2 is 1.83 bits per heavy atom. The number of rotatable bonds is 13. The smallest absolute Gasteiger partial charge is 0.255 e. The number of aromatic nitrogens is 1. The summed E-state index contributed by atoms with van der Waals surface area (Å²) in [6, 6.07) is 14.0. The monoisotopic (exact) mass is 494 g/mol. The molecule has 3 rings (SSSR count). The van der Waals surface area contributed by atoms with Crippen molar-refractivity contribution in [2.75, 3.05) is 6.61 Å². The van der Waals surface area contributed by atoms with Crippen LogP contribution in [0.15, 0.2) is 60.9 Å². The summed E-state index contributed by atoms with van der Waals surface area (Å²) in [6.45, 7) is 0.00527. The number of halogens is 1. The van der Waals surface area contributed by atoms with E-state index in [4.69, 9.17) is 38.0 Å². The molecule has 0 unspecified atom stereocenters. The maximum atomic E-state index is 12.8. The largest absolute Gasteiger partial charge is 0.487 e. The Morgan fingerprint density at radius 3 is 2.54 bits per heavy atom. The highest BCUT2D eigenvalue weighted by Gasteiger charge is 2.12. The highest BCUT2D eigenvalue weighted by atomic mass is 35.5. The maximum absolute atomic E-state index is 12.8. The number of hydrogen-bond donors (Lipinski definition) is 3. The van der Waals surface area contributed by atoms with Gasteiger partial charge in [-0.05, 0) is 66.8 Å². The lowest BCUT2D eigenvalue weighted by molar-refractivity contribution is -0.119. The zero-order valence-corrected chi connectivity index (χ0v) is 19.9. The van der Waals surface area contributed by atoms with Crippen LogP contribution in [0.5, 0.6) is 11.5 Å². The number of nitrogen functional groups attached to an aromatic ring is 1. The lowest BCUT2D eigenvalue weighted by Gasteiger charge is -2.12. The van der Waals surface area contributed by atoms with E-state index in [0.717, 1.165) is 17.5 Å². The number of amides is 1. The summed E-state index contributed by atoms with van der Waals surface area (Å²) < 4.78 is 11.2. The van der Waals surface area contributed by atoms with E-state index >= 15 is 0 Å². The molecule has 1 amide bonds. The van der Waals surface area contributed by atoms with Crippen molar-refractivity contribution in [3.05, 3.63) is 88.2 Å². The van der Waals surface area contributed by atoms with Crippen LogP contribution in [0.2, 0.25) is 5.02 Å². The third-order valence-corrected chi connectivity index (χ3v) is 5.39. The molecular weight excluding hydrogens is 468 g/mol. The van der Waals surface area contributed by atoms with Crippen molar-refractivity contribution in [1.29, 1.82) is 5.41 Å². The SMILES string of the molecule is N=C(N)c1ccc(CCCCC(=O)c2cc(Cl)cc(COc3cccnc3)c2)c(OCC(N)=O)c1. The Bertz CT molecular complexity index is 1200. The van der Waals surface area contributed by atoms with Crippen LogP contribution in [0.4, 0.5) is 0 Å². The minimum Gasteiger partial charge on any atom is -0.487 e. The van der Waals surface area contributed by atoms with Crippen LogP contribution < -0.4 is 20.9 Å². The van der Waals surface area contributed by atoms with Crippen LogP contribution in [0, 0.1) is 5.41 Å². The maximum Gasteiger partial charge on any atom is 0.255 e. The molecule has 0 atom stereocenters. The zero-order chi connectivity index (χ0) is 25.2. The Kier molecular flexibility index (Phi) is 9.20. The van der Waals surface area contributed by atoms with Crippen molar-refractivity contribution in [1.82, 2.24) is 4.98 Å². The van der Waals surface area contributed by atoms with Gasteiger partial charge < -0.3 is 20.9 Å². The van der Waals surface area contributed by atoms with E-state index in [9.17, 15) is 9.59 Å². The third-order valence-electron chi connectivity index (χ3n) is 5.17. The fraction of sp³-hybridized carbons (Fsp3) is 0.231. The molecule has 9 heteroatoms. The Labute approximate surface area is 208 Å². The van der Waals surface area contributed by atoms with Crippen molar-refractivity contribution in [3.63, 3.8) is 0 Å². The van der Waals surface area contributed by atoms with Gasteiger partial charge in [0.25, 0.3) is 5.91 Å². The number of hydrogen-bond acceptors (Lipinski definition) is 6. The Morgan fingerprint density at radius 1 is 1.00 bits per heavy atom. The van der Waals surface area contributed by atoms with Crippen LogP contribution >= 0.6 is 11.6 Å². The van der Waals surface area contributed by atoms with E-state index in [1.165, 1.54) is 0 Å². The van der Waals surface area contributed by atoms with Crippen molar-refractivity contribution in [3.8, 4) is 11.5 Å². The summed E-state index contributed by atoms with van der Waals surface area (Å²) >= 11 is 6.23. The lowest BCUT2D eigenvalue weighted by atomic mass is 10.00. The molecule has 0 bridgehead atoms. The normalized spacial score (nSPS) is 10.5. The van der Waals surface area contributed by atoms with Gasteiger partial charge in [0, 0.05) is 28.8 Å². The number of nitrogens with zero attached hydrogens (tertiary/aromatic N) is 1. The van der Waals surface area contributed by atoms with Crippen molar-refractivity contribution < 1.29 is 19.1 Å². The number of unbranched alkanes of at least 4 members (excludes halogenated alkanes) is 1. The molecule has 0 aliphatic heterocycles. The van der Waals surface area contributed by atoms with Gasteiger partial charge in [-0.15, -0.1) is 0 Å². The van der Waals surface area contributed by atoms with E-state index in [2.05, 4.69) is 4.98 Å². The molecule has 0 spiro atoms. The highest BCUT2D eigenvalue weighted by molar-refractivity contribution is 6.31. The van der Waals surface area contributed by atoms with Gasteiger partial charge >= 0.3 is 0 Å². The molecule has 0 aliphatic carbocycles. The predicted octanol–water partition coefficient (Wildman–Crippen LogP) is 4.06. The number of aryl methyl sites for hydroxylation is 1. The van der Waals surface area contributed by atoms with Crippen molar-refractivity contribution in [2.45, 2.75) is 32.3 Å². The molecule has 0 saturated heterocycles. The number of amidine groups is 1. The molecule has 0 aliphatic rings. The zero-order valence-electron chi connectivity index (χ0n) is 19.1. The number of benzene rings is 2. The van der Waals surface area contributed by atoms with Gasteiger partial charge in [-0.25, -0.2) is 0 Å². The fourth-order valence-electron chi connectivity index (χ4n) is 3.45. The van der Waals surface area contributed by atoms with Gasteiger partial charge in [-0.3, -0.25) is 20.0 Å². The first-order chi connectivity index (χ1) is 16.8. The molecule has 0 saturated carbocycles. The number of Topliss-reactive ketones (excluding diaryl/α,β-unsaturated/α-hetero) is 1. The number of carbonyl (C=O) groups excluding carboxylic acids is 2. The number of carbonyl (C=O) groups is 2. The molecule has 1 aromatic heterocycles.